The molecule has 2 saturated carbocycles. The second-order valence-electron chi connectivity index (χ2n) is 14.8. The molecule has 2 amide bonds. The Bertz CT molecular complexity index is 2030. The van der Waals surface area contributed by atoms with E-state index in [4.69, 9.17) is 9.84 Å². The Hall–Kier alpha value is -5.72. The van der Waals surface area contributed by atoms with Crippen LogP contribution in [0.5, 0.6) is 0 Å². The first-order valence-corrected chi connectivity index (χ1v) is 18.9. The number of nitrogens with zero attached hydrogens (tertiary/aromatic N) is 4. The Balaban J connectivity index is 0.000000170. The summed E-state index contributed by atoms with van der Waals surface area (Å²) in [4.78, 5) is 44.3. The molecule has 2 aromatic heterocycles. The molecule has 2 aliphatic carbocycles. The number of aromatic nitrogens is 2. The second-order valence-corrected chi connectivity index (χ2v) is 14.8. The van der Waals surface area contributed by atoms with E-state index in [1.165, 1.54) is 30.5 Å². The van der Waals surface area contributed by atoms with Gasteiger partial charge in [-0.3, -0.25) is 24.4 Å². The number of hydrogen-bond acceptors (Lipinski definition) is 8. The number of carbonyl (C=O) groups excluding carboxylic acids is 2. The van der Waals surface area contributed by atoms with Gasteiger partial charge in [0.15, 0.2) is 0 Å². The van der Waals surface area contributed by atoms with Crippen molar-refractivity contribution in [2.45, 2.75) is 89.1 Å². The number of benzene rings is 2. The molecule has 0 radical (unpaired) electrons. The molecule has 3 fully saturated rings. The summed E-state index contributed by atoms with van der Waals surface area (Å²) in [7, 11) is 0. The molecule has 2 aromatic carbocycles. The van der Waals surface area contributed by atoms with Crippen molar-refractivity contribution in [3.8, 4) is 22.5 Å². The largest absolute Gasteiger partial charge is 0.481 e. The minimum absolute atomic E-state index is 0.0652. The lowest BCUT2D eigenvalue weighted by molar-refractivity contribution is -0.138. The van der Waals surface area contributed by atoms with Gasteiger partial charge in [0.25, 0.3) is 11.8 Å². The summed E-state index contributed by atoms with van der Waals surface area (Å²) >= 11 is 0. The summed E-state index contributed by atoms with van der Waals surface area (Å²) in [5.41, 5.74) is 3.58. The number of nitrogens with one attached hydrogen (secondary N) is 2. The van der Waals surface area contributed by atoms with Crippen LogP contribution in [-0.4, -0.2) is 68.1 Å². The summed E-state index contributed by atoms with van der Waals surface area (Å²) in [5, 5.41) is 21.4. The van der Waals surface area contributed by atoms with Crippen LogP contribution in [0.2, 0.25) is 0 Å². The molecule has 4 heterocycles. The number of hydrazone groups is 1. The van der Waals surface area contributed by atoms with E-state index in [1.54, 1.807) is 54.7 Å². The number of fused-ring (bicyclic) bond motifs is 1. The Kier molecular flexibility index (Phi) is 11.4. The van der Waals surface area contributed by atoms with E-state index < -0.39 is 5.97 Å². The number of pyridine rings is 2. The van der Waals surface area contributed by atoms with Gasteiger partial charge in [0.1, 0.15) is 17.7 Å². The van der Waals surface area contributed by atoms with Gasteiger partial charge in [-0.25, -0.2) is 13.8 Å². The van der Waals surface area contributed by atoms with Crippen LogP contribution in [-0.2, 0) is 9.53 Å². The standard InChI is InChI=1S/C22H23FN4O2.C20H21FN2O3/c1-13-26-27-20(22(27)29-13)14-5-8-18(9-6-14)25-21(28)16-7-10-19(24-12-16)15-3-2-4-17(23)11-15;21-16-3-1-2-14(11-16)18-9-6-15(12-22-18)20(26)23-17-7-4-13(5-8-17)10-19(24)25/h2-4,7,10-12,14,18,20,22H,5-6,8-9H2,1H3,(H,25,28);1-3,6,9,11-13,17H,4-5,7-8,10H2,(H,23,26)(H,24,25)/t14-,18+,20-,22-,27?;/m0./s1. The van der Waals surface area contributed by atoms with Crippen LogP contribution in [0, 0.1) is 23.5 Å². The third kappa shape index (κ3) is 9.51. The van der Waals surface area contributed by atoms with Crippen LogP contribution < -0.4 is 10.6 Å². The highest BCUT2D eigenvalue weighted by Gasteiger charge is 2.57. The van der Waals surface area contributed by atoms with Crippen LogP contribution in [0.1, 0.15) is 85.4 Å². The van der Waals surface area contributed by atoms with Crippen LogP contribution in [0.15, 0.2) is 90.3 Å². The highest BCUT2D eigenvalue weighted by Crippen LogP contribution is 2.45. The van der Waals surface area contributed by atoms with Gasteiger partial charge < -0.3 is 20.5 Å². The number of aliphatic carboxylic acids is 1. The molecule has 3 N–H and O–H groups in total. The van der Waals surface area contributed by atoms with Gasteiger partial charge in [-0.1, -0.05) is 24.3 Å². The van der Waals surface area contributed by atoms with Crippen molar-refractivity contribution in [3.05, 3.63) is 108 Å². The van der Waals surface area contributed by atoms with Crippen LogP contribution in [0.25, 0.3) is 22.5 Å². The minimum atomic E-state index is -0.762. The van der Waals surface area contributed by atoms with Gasteiger partial charge in [0.2, 0.25) is 12.1 Å². The predicted molar refractivity (Wildman–Crippen MR) is 202 cm³/mol. The van der Waals surface area contributed by atoms with Gasteiger partial charge in [-0.2, -0.15) is 0 Å². The molecule has 2 atom stereocenters. The van der Waals surface area contributed by atoms with E-state index >= 15 is 0 Å². The third-order valence-electron chi connectivity index (χ3n) is 10.8. The number of carboxylic acids is 1. The third-order valence-corrected chi connectivity index (χ3v) is 10.8. The van der Waals surface area contributed by atoms with Crippen LogP contribution in [0.3, 0.4) is 0 Å². The lowest BCUT2D eigenvalue weighted by Gasteiger charge is -2.29. The smallest absolute Gasteiger partial charge is 0.303 e. The number of carboxylic acid groups (broad SMARTS) is 1. The molecule has 8 rings (SSSR count). The number of rotatable bonds is 9. The predicted octanol–water partition coefficient (Wildman–Crippen LogP) is 7.20. The molecule has 11 nitrogen and oxygen atoms in total. The molecule has 0 spiro atoms. The monoisotopic (exact) mass is 750 g/mol. The number of ether oxygens (including phenoxy) is 1. The van der Waals surface area contributed by atoms with Crippen molar-refractivity contribution in [1.29, 1.82) is 0 Å². The van der Waals surface area contributed by atoms with Gasteiger partial charge >= 0.3 is 5.97 Å². The molecular formula is C42H44F2N6O5. The minimum Gasteiger partial charge on any atom is -0.481 e. The average Bonchev–Trinajstić information content (AvgIpc) is 3.70. The average molecular weight is 751 g/mol. The molecule has 286 valence electrons. The molecule has 0 unspecified atom stereocenters. The fourth-order valence-corrected chi connectivity index (χ4v) is 7.87. The Labute approximate surface area is 318 Å². The molecule has 13 heteroatoms. The first-order valence-electron chi connectivity index (χ1n) is 18.9. The number of amides is 2. The number of hydrogen-bond donors (Lipinski definition) is 3. The zero-order valence-electron chi connectivity index (χ0n) is 30.5. The maximum atomic E-state index is 13.4. The first-order chi connectivity index (χ1) is 26.6. The fraction of sp³-hybridized carbons (Fsp3) is 0.381. The fourth-order valence-electron chi connectivity index (χ4n) is 7.87. The van der Waals surface area contributed by atoms with E-state index in [-0.39, 0.29) is 54.1 Å². The zero-order valence-corrected chi connectivity index (χ0v) is 30.5. The van der Waals surface area contributed by atoms with Crippen molar-refractivity contribution < 1.29 is 33.0 Å². The van der Waals surface area contributed by atoms with Crippen LogP contribution in [0.4, 0.5) is 8.78 Å². The van der Waals surface area contributed by atoms with E-state index in [9.17, 15) is 23.2 Å². The first kappa shape index (κ1) is 37.6. The summed E-state index contributed by atoms with van der Waals surface area (Å²) < 4.78 is 32.3. The molecular weight excluding hydrogens is 706 g/mol. The number of carbonyl (C=O) groups is 3. The van der Waals surface area contributed by atoms with Gasteiger partial charge in [0, 0.05) is 48.9 Å². The maximum absolute atomic E-state index is 13.4. The van der Waals surface area contributed by atoms with Crippen molar-refractivity contribution in [2.75, 3.05) is 0 Å². The second kappa shape index (κ2) is 16.7. The van der Waals surface area contributed by atoms with Crippen molar-refractivity contribution >= 4 is 23.7 Å². The molecule has 1 saturated heterocycles. The van der Waals surface area contributed by atoms with Crippen molar-refractivity contribution in [3.63, 3.8) is 0 Å². The Morgan fingerprint density at radius 1 is 0.745 bits per heavy atom. The van der Waals surface area contributed by atoms with Crippen molar-refractivity contribution in [2.24, 2.45) is 16.9 Å². The molecule has 2 aliphatic heterocycles. The summed E-state index contributed by atoms with van der Waals surface area (Å²) in [6.45, 7) is 1.88. The summed E-state index contributed by atoms with van der Waals surface area (Å²) in [6.07, 6.45) is 10.7. The SMILES string of the molecule is CC1=NN2[C@@H](O1)[C@@H]2[C@H]1CC[C@@H](NC(=O)c2ccc(-c3cccc(F)c3)nc2)CC1.O=C(O)CC1CCC(NC(=O)c2ccc(-c3cccc(F)c3)nc2)CC1. The van der Waals surface area contributed by atoms with E-state index in [0.717, 1.165) is 57.3 Å². The van der Waals surface area contributed by atoms with E-state index in [1.807, 2.05) is 6.92 Å². The van der Waals surface area contributed by atoms with Gasteiger partial charge in [-0.05, 0) is 112 Å². The van der Waals surface area contributed by atoms with Crippen molar-refractivity contribution in [1.82, 2.24) is 25.6 Å². The van der Waals surface area contributed by atoms with Crippen LogP contribution >= 0.6 is 0 Å². The van der Waals surface area contributed by atoms with Gasteiger partial charge in [-0.15, -0.1) is 5.10 Å². The Morgan fingerprint density at radius 2 is 1.25 bits per heavy atom. The quantitative estimate of drug-likeness (QED) is 0.152. The maximum Gasteiger partial charge on any atom is 0.303 e. The van der Waals surface area contributed by atoms with E-state index in [2.05, 4.69) is 30.7 Å². The molecule has 0 bridgehead atoms. The number of halogens is 2. The lowest BCUT2D eigenvalue weighted by Crippen LogP contribution is -2.38. The Morgan fingerprint density at radius 3 is 1.67 bits per heavy atom. The van der Waals surface area contributed by atoms with E-state index in [0.29, 0.717) is 45.6 Å². The molecule has 4 aromatic rings. The van der Waals surface area contributed by atoms with Gasteiger partial charge in [0.05, 0.1) is 22.5 Å². The lowest BCUT2D eigenvalue weighted by atomic mass is 9.83. The zero-order chi connectivity index (χ0) is 38.5. The highest BCUT2D eigenvalue weighted by molar-refractivity contribution is 5.95. The molecule has 55 heavy (non-hydrogen) atoms. The summed E-state index contributed by atoms with van der Waals surface area (Å²) in [5.74, 6) is -0.157. The highest BCUT2D eigenvalue weighted by atomic mass is 19.1. The summed E-state index contributed by atoms with van der Waals surface area (Å²) in [6, 6.07) is 20.0. The molecule has 4 aliphatic rings. The normalized spacial score (nSPS) is 23.9. The topological polar surface area (TPSA) is 146 Å².